The molecule has 0 aromatic rings. The Morgan fingerprint density at radius 3 is 2.04 bits per heavy atom. The van der Waals surface area contributed by atoms with E-state index in [0.29, 0.717) is 32.2 Å². The minimum absolute atomic E-state index is 0.120. The second kappa shape index (κ2) is 13.8. The van der Waals surface area contributed by atoms with Crippen molar-refractivity contribution >= 4 is 17.7 Å². The van der Waals surface area contributed by atoms with Gasteiger partial charge in [0.1, 0.15) is 11.8 Å². The molecule has 0 saturated carbocycles. The average molecular weight is 368 g/mol. The number of carboxylic acids is 1. The third-order valence-electron chi connectivity index (χ3n) is 5.26. The Kier molecular flexibility index (Phi) is 12.0. The molecule has 0 bridgehead atoms. The summed E-state index contributed by atoms with van der Waals surface area (Å²) < 4.78 is 0. The van der Waals surface area contributed by atoms with Crippen molar-refractivity contribution in [3.05, 3.63) is 0 Å². The molecule has 1 aliphatic heterocycles. The molecule has 1 fully saturated rings. The highest BCUT2D eigenvalue weighted by atomic mass is 16.4. The van der Waals surface area contributed by atoms with Crippen molar-refractivity contribution in [1.82, 2.24) is 4.90 Å². The molecule has 26 heavy (non-hydrogen) atoms. The van der Waals surface area contributed by atoms with Crippen LogP contribution in [0.2, 0.25) is 0 Å². The van der Waals surface area contributed by atoms with Crippen LogP contribution in [0.4, 0.5) is 0 Å². The first-order chi connectivity index (χ1) is 12.6. The predicted molar refractivity (Wildman–Crippen MR) is 103 cm³/mol. The van der Waals surface area contributed by atoms with Crippen LogP contribution in [0.1, 0.15) is 103 Å². The number of carbonyl (C=O) groups is 3. The summed E-state index contributed by atoms with van der Waals surface area (Å²) in [4.78, 5) is 36.6. The van der Waals surface area contributed by atoms with Gasteiger partial charge in [0.05, 0.1) is 0 Å². The van der Waals surface area contributed by atoms with Gasteiger partial charge in [-0.1, -0.05) is 58.3 Å². The van der Waals surface area contributed by atoms with E-state index in [0.717, 1.165) is 19.3 Å². The number of hydrogen-bond donors (Lipinski definition) is 1. The Hall–Kier alpha value is -1.39. The third-order valence-corrected chi connectivity index (χ3v) is 5.26. The molecule has 0 radical (unpaired) electrons. The van der Waals surface area contributed by atoms with Gasteiger partial charge in [0, 0.05) is 25.8 Å². The molecule has 1 unspecified atom stereocenters. The van der Waals surface area contributed by atoms with Crippen LogP contribution < -0.4 is 0 Å². The van der Waals surface area contributed by atoms with Crippen LogP contribution in [0, 0.1) is 0 Å². The van der Waals surface area contributed by atoms with Gasteiger partial charge in [-0.05, 0) is 25.7 Å². The summed E-state index contributed by atoms with van der Waals surface area (Å²) in [5.74, 6) is -0.806. The molecule has 0 aromatic carbocycles. The number of unbranched alkanes of at least 4 members (excludes halogenated alkanes) is 8. The van der Waals surface area contributed by atoms with Crippen molar-refractivity contribution in [3.8, 4) is 0 Å². The van der Waals surface area contributed by atoms with Crippen molar-refractivity contribution in [1.29, 1.82) is 0 Å². The first-order valence-corrected chi connectivity index (χ1v) is 10.6. The van der Waals surface area contributed by atoms with E-state index in [2.05, 4.69) is 6.92 Å². The van der Waals surface area contributed by atoms with Crippen molar-refractivity contribution in [2.45, 2.75) is 109 Å². The highest BCUT2D eigenvalue weighted by molar-refractivity contribution is 5.85. The molecule has 0 aliphatic carbocycles. The molecule has 150 valence electrons. The molecule has 5 nitrogen and oxygen atoms in total. The summed E-state index contributed by atoms with van der Waals surface area (Å²) in [7, 11) is 0. The number of carboxylic acid groups (broad SMARTS) is 1. The van der Waals surface area contributed by atoms with E-state index in [1.807, 2.05) is 0 Å². The molecular formula is C21H37NO4. The van der Waals surface area contributed by atoms with Crippen molar-refractivity contribution in [3.63, 3.8) is 0 Å². The largest absolute Gasteiger partial charge is 0.480 e. The molecule has 1 saturated heterocycles. The maximum Gasteiger partial charge on any atom is 0.326 e. The van der Waals surface area contributed by atoms with Gasteiger partial charge < -0.3 is 10.0 Å². The topological polar surface area (TPSA) is 74.7 Å². The SMILES string of the molecule is CCCCCCCCCCCC(=O)CCCC(=O)N1CCCC1C(=O)O. The van der Waals surface area contributed by atoms with Gasteiger partial charge in [0.15, 0.2) is 0 Å². The second-order valence-electron chi connectivity index (χ2n) is 7.55. The number of Topliss-reactive ketones (excluding diaryl/α,β-unsaturated/α-hetero) is 1. The molecule has 1 amide bonds. The lowest BCUT2D eigenvalue weighted by atomic mass is 10.0. The summed E-state index contributed by atoms with van der Waals surface area (Å²) in [5.41, 5.74) is 0. The first kappa shape index (κ1) is 22.7. The number of hydrogen-bond acceptors (Lipinski definition) is 3. The Bertz CT molecular complexity index is 436. The lowest BCUT2D eigenvalue weighted by molar-refractivity contribution is -0.148. The van der Waals surface area contributed by atoms with Gasteiger partial charge in [-0.3, -0.25) is 9.59 Å². The number of carbonyl (C=O) groups excluding carboxylic acids is 2. The van der Waals surface area contributed by atoms with Gasteiger partial charge >= 0.3 is 5.97 Å². The highest BCUT2D eigenvalue weighted by Crippen LogP contribution is 2.19. The zero-order valence-corrected chi connectivity index (χ0v) is 16.5. The predicted octanol–water partition coefficient (Wildman–Crippen LogP) is 4.72. The van der Waals surface area contributed by atoms with Crippen LogP contribution in [0.3, 0.4) is 0 Å². The molecular weight excluding hydrogens is 330 g/mol. The summed E-state index contributed by atoms with van der Waals surface area (Å²) >= 11 is 0. The fourth-order valence-electron chi connectivity index (χ4n) is 3.66. The number of rotatable bonds is 15. The minimum atomic E-state index is -0.919. The molecule has 5 heteroatoms. The Morgan fingerprint density at radius 2 is 1.42 bits per heavy atom. The van der Waals surface area contributed by atoms with Gasteiger partial charge in [-0.25, -0.2) is 4.79 Å². The number of ketones is 1. The molecule has 0 spiro atoms. The maximum atomic E-state index is 12.1. The molecule has 1 rings (SSSR count). The van der Waals surface area contributed by atoms with E-state index in [4.69, 9.17) is 5.11 Å². The normalized spacial score (nSPS) is 16.8. The van der Waals surface area contributed by atoms with E-state index in [1.54, 1.807) is 0 Å². The summed E-state index contributed by atoms with van der Waals surface area (Å²) in [6.45, 7) is 2.76. The summed E-state index contributed by atoms with van der Waals surface area (Å²) in [5, 5.41) is 9.11. The van der Waals surface area contributed by atoms with Gasteiger partial charge in [0.2, 0.25) is 5.91 Å². The van der Waals surface area contributed by atoms with Crippen molar-refractivity contribution in [2.75, 3.05) is 6.54 Å². The van der Waals surface area contributed by atoms with Crippen LogP contribution in [0.5, 0.6) is 0 Å². The lowest BCUT2D eigenvalue weighted by Crippen LogP contribution is -2.40. The monoisotopic (exact) mass is 367 g/mol. The van der Waals surface area contributed by atoms with E-state index in [9.17, 15) is 14.4 Å². The Morgan fingerprint density at radius 1 is 0.846 bits per heavy atom. The molecule has 1 N–H and O–H groups in total. The average Bonchev–Trinajstić information content (AvgIpc) is 3.10. The first-order valence-electron chi connectivity index (χ1n) is 10.6. The van der Waals surface area contributed by atoms with Crippen molar-refractivity contribution in [2.24, 2.45) is 0 Å². The number of nitrogens with zero attached hydrogens (tertiary/aromatic N) is 1. The van der Waals surface area contributed by atoms with Crippen LogP contribution >= 0.6 is 0 Å². The number of aliphatic carboxylic acids is 1. The van der Waals surface area contributed by atoms with E-state index >= 15 is 0 Å². The zero-order chi connectivity index (χ0) is 19.2. The zero-order valence-electron chi connectivity index (χ0n) is 16.5. The fraction of sp³-hybridized carbons (Fsp3) is 0.857. The number of amides is 1. The van der Waals surface area contributed by atoms with Crippen LogP contribution in [-0.2, 0) is 14.4 Å². The van der Waals surface area contributed by atoms with E-state index in [1.165, 1.54) is 49.8 Å². The maximum absolute atomic E-state index is 12.1. The molecule has 1 heterocycles. The minimum Gasteiger partial charge on any atom is -0.480 e. The number of likely N-dealkylation sites (tertiary alicyclic amines) is 1. The Labute approximate surface area is 158 Å². The lowest BCUT2D eigenvalue weighted by Gasteiger charge is -2.21. The van der Waals surface area contributed by atoms with Crippen molar-refractivity contribution < 1.29 is 19.5 Å². The molecule has 1 aliphatic rings. The van der Waals surface area contributed by atoms with Gasteiger partial charge in [-0.2, -0.15) is 0 Å². The molecule has 0 aromatic heterocycles. The van der Waals surface area contributed by atoms with Crippen LogP contribution in [0.15, 0.2) is 0 Å². The Balaban J connectivity index is 2.00. The smallest absolute Gasteiger partial charge is 0.326 e. The van der Waals surface area contributed by atoms with Gasteiger partial charge in [-0.15, -0.1) is 0 Å². The summed E-state index contributed by atoms with van der Waals surface area (Å²) in [6.07, 6.45) is 14.3. The van der Waals surface area contributed by atoms with E-state index < -0.39 is 12.0 Å². The highest BCUT2D eigenvalue weighted by Gasteiger charge is 2.33. The summed E-state index contributed by atoms with van der Waals surface area (Å²) in [6, 6.07) is -0.667. The van der Waals surface area contributed by atoms with Crippen LogP contribution in [0.25, 0.3) is 0 Å². The third kappa shape index (κ3) is 9.35. The van der Waals surface area contributed by atoms with Gasteiger partial charge in [0.25, 0.3) is 0 Å². The standard InChI is InChI=1S/C21H37NO4/c1-2-3-4-5-6-7-8-9-10-13-18(23)14-11-16-20(24)22-17-12-15-19(22)21(25)26/h19H,2-17H2,1H3,(H,25,26). The second-order valence-corrected chi connectivity index (χ2v) is 7.55. The van der Waals surface area contributed by atoms with E-state index in [-0.39, 0.29) is 18.1 Å². The molecule has 1 atom stereocenters. The van der Waals surface area contributed by atoms with Crippen LogP contribution in [-0.4, -0.2) is 40.3 Å². The fourth-order valence-corrected chi connectivity index (χ4v) is 3.66. The quantitative estimate of drug-likeness (QED) is 0.425.